The molecule has 1 saturated carbocycles. The molecule has 2 aromatic rings. The maximum Gasteiger partial charge on any atom is 0.227 e. The van der Waals surface area contributed by atoms with Crippen LogP contribution in [0.2, 0.25) is 0 Å². The maximum absolute atomic E-state index is 4.85. The number of hydrogen-bond donors (Lipinski definition) is 1. The number of hydrogen-bond acceptors (Lipinski definition) is 4. The molecule has 1 aliphatic carbocycles. The molecule has 1 aromatic carbocycles. The molecule has 0 atom stereocenters. The molecule has 0 bridgehead atoms. The monoisotopic (exact) mass is 308 g/mol. The van der Waals surface area contributed by atoms with Gasteiger partial charge in [0.1, 0.15) is 5.82 Å². The van der Waals surface area contributed by atoms with Gasteiger partial charge >= 0.3 is 0 Å². The van der Waals surface area contributed by atoms with E-state index in [-0.39, 0.29) is 0 Å². The molecule has 1 aromatic heterocycles. The largest absolute Gasteiger partial charge is 0.367 e. The van der Waals surface area contributed by atoms with Crippen LogP contribution in [0.3, 0.4) is 0 Å². The molecule has 2 fully saturated rings. The van der Waals surface area contributed by atoms with Crippen LogP contribution in [-0.2, 0) is 0 Å². The highest BCUT2D eigenvalue weighted by molar-refractivity contribution is 5.64. The lowest BCUT2D eigenvalue weighted by Crippen LogP contribution is -2.34. The van der Waals surface area contributed by atoms with Gasteiger partial charge in [-0.15, -0.1) is 0 Å². The van der Waals surface area contributed by atoms with Gasteiger partial charge in [-0.05, 0) is 31.6 Å². The lowest BCUT2D eigenvalue weighted by Gasteiger charge is -2.30. The third kappa shape index (κ3) is 3.46. The van der Waals surface area contributed by atoms with E-state index in [1.54, 1.807) is 0 Å². The highest BCUT2D eigenvalue weighted by atomic mass is 15.3. The summed E-state index contributed by atoms with van der Waals surface area (Å²) >= 11 is 0. The second-order valence-corrected chi connectivity index (χ2v) is 6.89. The van der Waals surface area contributed by atoms with Crippen LogP contribution in [0, 0.1) is 5.92 Å². The Morgan fingerprint density at radius 3 is 2.43 bits per heavy atom. The number of nitrogens with one attached hydrogen (secondary N) is 1. The van der Waals surface area contributed by atoms with Crippen LogP contribution in [0.1, 0.15) is 32.6 Å². The van der Waals surface area contributed by atoms with Crippen molar-refractivity contribution in [3.05, 3.63) is 36.4 Å². The summed E-state index contributed by atoms with van der Waals surface area (Å²) in [6.45, 7) is 4.45. The van der Waals surface area contributed by atoms with Crippen LogP contribution < -0.4 is 10.2 Å². The molecule has 0 spiro atoms. The number of aromatic nitrogens is 2. The molecule has 0 radical (unpaired) electrons. The normalized spacial score (nSPS) is 18.9. The molecule has 4 nitrogen and oxygen atoms in total. The van der Waals surface area contributed by atoms with E-state index < -0.39 is 0 Å². The minimum absolute atomic E-state index is 0.600. The van der Waals surface area contributed by atoms with Crippen LogP contribution in [0.4, 0.5) is 11.8 Å². The highest BCUT2D eigenvalue weighted by Gasteiger charge is 2.23. The molecule has 1 N–H and O–H groups in total. The molecule has 120 valence electrons. The zero-order valence-electron chi connectivity index (χ0n) is 13.7. The standard InChI is InChI=1S/C19H24N4/c1-14-9-11-23(12-10-14)19-21-17(15-5-3-2-4-6-15)13-18(22-19)20-16-7-8-16/h2-6,13-14,16H,7-12H2,1H3,(H,20,21,22). The van der Waals surface area contributed by atoms with Gasteiger partial charge in [-0.3, -0.25) is 0 Å². The van der Waals surface area contributed by atoms with E-state index in [2.05, 4.69) is 47.5 Å². The SMILES string of the molecule is CC1CCN(c2nc(NC3CC3)cc(-c3ccccc3)n2)CC1. The zero-order chi connectivity index (χ0) is 15.6. The minimum atomic E-state index is 0.600. The first-order valence-corrected chi connectivity index (χ1v) is 8.74. The lowest BCUT2D eigenvalue weighted by atomic mass is 10.00. The summed E-state index contributed by atoms with van der Waals surface area (Å²) in [5, 5.41) is 3.54. The van der Waals surface area contributed by atoms with Gasteiger partial charge in [0.15, 0.2) is 0 Å². The first-order chi connectivity index (χ1) is 11.3. The first-order valence-electron chi connectivity index (χ1n) is 8.74. The Kier molecular flexibility index (Phi) is 3.90. The third-order valence-corrected chi connectivity index (χ3v) is 4.78. The van der Waals surface area contributed by atoms with Crippen molar-refractivity contribution in [3.8, 4) is 11.3 Å². The van der Waals surface area contributed by atoms with E-state index >= 15 is 0 Å². The smallest absolute Gasteiger partial charge is 0.227 e. The second-order valence-electron chi connectivity index (χ2n) is 6.89. The number of piperidine rings is 1. The lowest BCUT2D eigenvalue weighted by molar-refractivity contribution is 0.434. The summed E-state index contributed by atoms with van der Waals surface area (Å²) in [6.07, 6.45) is 4.96. The van der Waals surface area contributed by atoms with Crippen molar-refractivity contribution in [3.63, 3.8) is 0 Å². The van der Waals surface area contributed by atoms with Crippen LogP contribution in [0.25, 0.3) is 11.3 Å². The van der Waals surface area contributed by atoms with Gasteiger partial charge in [-0.2, -0.15) is 4.98 Å². The van der Waals surface area contributed by atoms with Gasteiger partial charge < -0.3 is 10.2 Å². The van der Waals surface area contributed by atoms with E-state index in [1.165, 1.54) is 25.7 Å². The topological polar surface area (TPSA) is 41.1 Å². The first kappa shape index (κ1) is 14.5. The molecule has 4 rings (SSSR count). The summed E-state index contributed by atoms with van der Waals surface area (Å²) in [6, 6.07) is 13.1. The zero-order valence-corrected chi connectivity index (χ0v) is 13.7. The summed E-state index contributed by atoms with van der Waals surface area (Å²) in [4.78, 5) is 12.0. The Balaban J connectivity index is 1.66. The predicted molar refractivity (Wildman–Crippen MR) is 94.7 cm³/mol. The molecule has 2 aliphatic rings. The quantitative estimate of drug-likeness (QED) is 0.928. The number of nitrogens with zero attached hydrogens (tertiary/aromatic N) is 3. The molecule has 1 saturated heterocycles. The number of benzene rings is 1. The average Bonchev–Trinajstić information content (AvgIpc) is 3.40. The Morgan fingerprint density at radius 1 is 1.00 bits per heavy atom. The van der Waals surface area contributed by atoms with Crippen molar-refractivity contribution in [2.45, 2.75) is 38.6 Å². The van der Waals surface area contributed by atoms with Gasteiger partial charge in [-0.1, -0.05) is 37.3 Å². The Hall–Kier alpha value is -2.10. The minimum Gasteiger partial charge on any atom is -0.367 e. The highest BCUT2D eigenvalue weighted by Crippen LogP contribution is 2.29. The van der Waals surface area contributed by atoms with E-state index in [4.69, 9.17) is 9.97 Å². The van der Waals surface area contributed by atoms with Crippen LogP contribution in [-0.4, -0.2) is 29.1 Å². The number of rotatable bonds is 4. The summed E-state index contributed by atoms with van der Waals surface area (Å²) in [7, 11) is 0. The fourth-order valence-corrected chi connectivity index (χ4v) is 3.05. The molecular weight excluding hydrogens is 284 g/mol. The van der Waals surface area contributed by atoms with Crippen molar-refractivity contribution >= 4 is 11.8 Å². The van der Waals surface area contributed by atoms with Gasteiger partial charge in [0.25, 0.3) is 0 Å². The van der Waals surface area contributed by atoms with Gasteiger partial charge in [0.2, 0.25) is 5.95 Å². The molecule has 4 heteroatoms. The van der Waals surface area contributed by atoms with Gasteiger partial charge in [0, 0.05) is 30.8 Å². The van der Waals surface area contributed by atoms with Crippen molar-refractivity contribution in [2.75, 3.05) is 23.3 Å². The van der Waals surface area contributed by atoms with E-state index in [0.29, 0.717) is 6.04 Å². The van der Waals surface area contributed by atoms with Crippen molar-refractivity contribution < 1.29 is 0 Å². The fourth-order valence-electron chi connectivity index (χ4n) is 3.05. The van der Waals surface area contributed by atoms with Crippen LogP contribution in [0.15, 0.2) is 36.4 Å². The van der Waals surface area contributed by atoms with E-state index in [1.807, 2.05) is 6.07 Å². The predicted octanol–water partition coefficient (Wildman–Crippen LogP) is 3.95. The van der Waals surface area contributed by atoms with Crippen molar-refractivity contribution in [1.82, 2.24) is 9.97 Å². The Bertz CT molecular complexity index is 658. The van der Waals surface area contributed by atoms with Crippen molar-refractivity contribution in [2.24, 2.45) is 5.92 Å². The molecule has 1 aliphatic heterocycles. The summed E-state index contributed by atoms with van der Waals surface area (Å²) in [5.41, 5.74) is 2.16. The fraction of sp³-hybridized carbons (Fsp3) is 0.474. The summed E-state index contributed by atoms with van der Waals surface area (Å²) in [5.74, 6) is 2.66. The van der Waals surface area contributed by atoms with Crippen LogP contribution >= 0.6 is 0 Å². The Morgan fingerprint density at radius 2 is 1.74 bits per heavy atom. The molecule has 23 heavy (non-hydrogen) atoms. The summed E-state index contributed by atoms with van der Waals surface area (Å²) < 4.78 is 0. The molecule has 2 heterocycles. The number of anilines is 2. The van der Waals surface area contributed by atoms with Gasteiger partial charge in [0.05, 0.1) is 5.69 Å². The maximum atomic E-state index is 4.85. The molecular formula is C19H24N4. The molecule has 0 unspecified atom stereocenters. The van der Waals surface area contributed by atoms with Gasteiger partial charge in [-0.25, -0.2) is 4.98 Å². The van der Waals surface area contributed by atoms with E-state index in [9.17, 15) is 0 Å². The third-order valence-electron chi connectivity index (χ3n) is 4.78. The Labute approximate surface area is 138 Å². The average molecular weight is 308 g/mol. The second kappa shape index (κ2) is 6.19. The molecule has 0 amide bonds. The van der Waals surface area contributed by atoms with Crippen molar-refractivity contribution in [1.29, 1.82) is 0 Å². The van der Waals surface area contributed by atoms with Crippen LogP contribution in [0.5, 0.6) is 0 Å². The van der Waals surface area contributed by atoms with E-state index in [0.717, 1.165) is 42.0 Å².